The Labute approximate surface area is 150 Å². The number of nitrogens with zero attached hydrogens (tertiary/aromatic N) is 3. The lowest BCUT2D eigenvalue weighted by atomic mass is 10.0. The van der Waals surface area contributed by atoms with Crippen LogP contribution in [-0.2, 0) is 6.54 Å². The Balaban J connectivity index is 1.98. The van der Waals surface area contributed by atoms with Crippen LogP contribution < -0.4 is 5.32 Å². The van der Waals surface area contributed by atoms with E-state index >= 15 is 0 Å². The number of urea groups is 1. The molecule has 1 N–H and O–H groups in total. The van der Waals surface area contributed by atoms with Gasteiger partial charge in [-0.15, -0.1) is 0 Å². The lowest BCUT2D eigenvalue weighted by molar-refractivity contribution is 0.200. The first kappa shape index (κ1) is 18.9. The molecule has 0 aliphatic rings. The topological polar surface area (TPSA) is 48.5 Å². The van der Waals surface area contributed by atoms with Crippen molar-refractivity contribution in [3.63, 3.8) is 0 Å². The zero-order valence-corrected chi connectivity index (χ0v) is 15.8. The summed E-state index contributed by atoms with van der Waals surface area (Å²) in [7, 11) is 5.88. The maximum Gasteiger partial charge on any atom is 0.317 e. The van der Waals surface area contributed by atoms with Gasteiger partial charge in [-0.2, -0.15) is 0 Å². The van der Waals surface area contributed by atoms with E-state index in [9.17, 15) is 4.79 Å². The number of hydrogen-bond donors (Lipinski definition) is 1. The van der Waals surface area contributed by atoms with Crippen LogP contribution in [0.2, 0.25) is 0 Å². The molecule has 0 unspecified atom stereocenters. The quantitative estimate of drug-likeness (QED) is 0.879. The number of carbonyl (C=O) groups excluding carboxylic acids is 1. The molecule has 134 valence electrons. The fraction of sp³-hybridized carbons (Fsp3) is 0.400. The molecule has 25 heavy (non-hydrogen) atoms. The highest BCUT2D eigenvalue weighted by atomic mass is 16.2. The minimum absolute atomic E-state index is 0.0742. The number of aryl methyl sites for hydroxylation is 2. The smallest absolute Gasteiger partial charge is 0.317 e. The molecule has 0 spiro atoms. The van der Waals surface area contributed by atoms with Gasteiger partial charge in [-0.25, -0.2) is 4.79 Å². The van der Waals surface area contributed by atoms with Crippen molar-refractivity contribution in [2.24, 2.45) is 0 Å². The van der Waals surface area contributed by atoms with Gasteiger partial charge < -0.3 is 15.1 Å². The fourth-order valence-electron chi connectivity index (χ4n) is 2.90. The van der Waals surface area contributed by atoms with Crippen molar-refractivity contribution in [2.75, 3.05) is 27.7 Å². The van der Waals surface area contributed by atoms with Gasteiger partial charge in [0.2, 0.25) is 0 Å². The van der Waals surface area contributed by atoms with E-state index < -0.39 is 0 Å². The standard InChI is InChI=1S/C20H28N4O/c1-15-8-6-7-9-18(15)19(23(3)4)13-22-20(25)24(5)14-17-10-11-21-16(2)12-17/h6-12,19H,13-14H2,1-5H3,(H,22,25)/t19-/m0/s1. The van der Waals surface area contributed by atoms with E-state index in [1.807, 2.05) is 52.3 Å². The summed E-state index contributed by atoms with van der Waals surface area (Å²) in [5.74, 6) is 0. The van der Waals surface area contributed by atoms with E-state index in [1.165, 1.54) is 11.1 Å². The molecule has 0 radical (unpaired) electrons. The van der Waals surface area contributed by atoms with Gasteiger partial charge in [0.1, 0.15) is 0 Å². The zero-order valence-electron chi connectivity index (χ0n) is 15.8. The van der Waals surface area contributed by atoms with Gasteiger partial charge in [0, 0.05) is 32.0 Å². The van der Waals surface area contributed by atoms with E-state index in [0.29, 0.717) is 13.1 Å². The zero-order chi connectivity index (χ0) is 18.4. The highest BCUT2D eigenvalue weighted by Crippen LogP contribution is 2.21. The fourth-order valence-corrected chi connectivity index (χ4v) is 2.90. The second-order valence-electron chi connectivity index (χ2n) is 6.68. The molecule has 5 nitrogen and oxygen atoms in total. The SMILES string of the molecule is Cc1cc(CN(C)C(=O)NC[C@@H](c2ccccc2C)N(C)C)ccn1. The summed E-state index contributed by atoms with van der Waals surface area (Å²) in [6.07, 6.45) is 1.77. The minimum atomic E-state index is -0.0742. The van der Waals surface area contributed by atoms with Crippen LogP contribution in [0.5, 0.6) is 0 Å². The Morgan fingerprint density at radius 1 is 1.16 bits per heavy atom. The largest absolute Gasteiger partial charge is 0.336 e. The van der Waals surface area contributed by atoms with Crippen molar-refractivity contribution in [1.29, 1.82) is 0 Å². The Kier molecular flexibility index (Phi) is 6.53. The van der Waals surface area contributed by atoms with Crippen molar-refractivity contribution >= 4 is 6.03 Å². The van der Waals surface area contributed by atoms with Crippen molar-refractivity contribution < 1.29 is 4.79 Å². The van der Waals surface area contributed by atoms with E-state index in [2.05, 4.69) is 34.3 Å². The van der Waals surface area contributed by atoms with Crippen LogP contribution in [0, 0.1) is 13.8 Å². The van der Waals surface area contributed by atoms with Gasteiger partial charge in [0.05, 0.1) is 6.04 Å². The number of likely N-dealkylation sites (N-methyl/N-ethyl adjacent to an activating group) is 1. The van der Waals surface area contributed by atoms with E-state index in [-0.39, 0.29) is 12.1 Å². The number of nitrogens with one attached hydrogen (secondary N) is 1. The second-order valence-corrected chi connectivity index (χ2v) is 6.68. The molecule has 1 heterocycles. The molecule has 0 aliphatic heterocycles. The Hall–Kier alpha value is -2.40. The van der Waals surface area contributed by atoms with Crippen LogP contribution in [0.3, 0.4) is 0 Å². The number of hydrogen-bond acceptors (Lipinski definition) is 3. The summed E-state index contributed by atoms with van der Waals surface area (Å²) in [6, 6.07) is 12.3. The molecule has 0 saturated heterocycles. The molecule has 5 heteroatoms. The van der Waals surface area contributed by atoms with Gasteiger partial charge in [-0.3, -0.25) is 4.98 Å². The highest BCUT2D eigenvalue weighted by Gasteiger charge is 2.18. The van der Waals surface area contributed by atoms with Gasteiger partial charge >= 0.3 is 6.03 Å². The minimum Gasteiger partial charge on any atom is -0.336 e. The number of amides is 2. The molecular weight excluding hydrogens is 312 g/mol. The third kappa shape index (κ3) is 5.29. The first-order chi connectivity index (χ1) is 11.9. The van der Waals surface area contributed by atoms with Crippen molar-refractivity contribution in [1.82, 2.24) is 20.1 Å². The molecule has 2 amide bonds. The Bertz CT molecular complexity index is 714. The predicted octanol–water partition coefficient (Wildman–Crippen LogP) is 3.14. The maximum atomic E-state index is 12.5. The predicted molar refractivity (Wildman–Crippen MR) is 101 cm³/mol. The molecule has 1 atom stereocenters. The van der Waals surface area contributed by atoms with Crippen LogP contribution in [0.25, 0.3) is 0 Å². The first-order valence-electron chi connectivity index (χ1n) is 8.51. The van der Waals surface area contributed by atoms with E-state index in [1.54, 1.807) is 11.1 Å². The highest BCUT2D eigenvalue weighted by molar-refractivity contribution is 5.73. The van der Waals surface area contributed by atoms with Crippen LogP contribution in [0.1, 0.15) is 28.4 Å². The average Bonchev–Trinajstić information content (AvgIpc) is 2.56. The molecule has 0 fully saturated rings. The Morgan fingerprint density at radius 2 is 1.88 bits per heavy atom. The number of carbonyl (C=O) groups is 1. The summed E-state index contributed by atoms with van der Waals surface area (Å²) in [5.41, 5.74) is 4.50. The second kappa shape index (κ2) is 8.62. The third-order valence-electron chi connectivity index (χ3n) is 4.34. The summed E-state index contributed by atoms with van der Waals surface area (Å²) < 4.78 is 0. The van der Waals surface area contributed by atoms with Crippen molar-refractivity contribution in [3.05, 3.63) is 65.0 Å². The van der Waals surface area contributed by atoms with Crippen LogP contribution >= 0.6 is 0 Å². The number of benzene rings is 1. The van der Waals surface area contributed by atoms with Crippen molar-refractivity contribution in [3.8, 4) is 0 Å². The molecule has 0 saturated carbocycles. The van der Waals surface area contributed by atoms with Gasteiger partial charge in [0.25, 0.3) is 0 Å². The lowest BCUT2D eigenvalue weighted by Crippen LogP contribution is -2.41. The Morgan fingerprint density at radius 3 is 2.52 bits per heavy atom. The molecular formula is C20H28N4O. The van der Waals surface area contributed by atoms with E-state index in [0.717, 1.165) is 11.3 Å². The number of pyridine rings is 1. The third-order valence-corrected chi connectivity index (χ3v) is 4.34. The monoisotopic (exact) mass is 340 g/mol. The van der Waals surface area contributed by atoms with Crippen LogP contribution in [0.4, 0.5) is 4.79 Å². The maximum absolute atomic E-state index is 12.5. The molecule has 1 aromatic carbocycles. The lowest BCUT2D eigenvalue weighted by Gasteiger charge is -2.27. The van der Waals surface area contributed by atoms with Gasteiger partial charge in [-0.1, -0.05) is 24.3 Å². The molecule has 0 aliphatic carbocycles. The summed E-state index contributed by atoms with van der Waals surface area (Å²) in [4.78, 5) is 20.5. The summed E-state index contributed by atoms with van der Waals surface area (Å²) in [5, 5.41) is 3.05. The molecule has 2 rings (SSSR count). The number of rotatable bonds is 6. The first-order valence-corrected chi connectivity index (χ1v) is 8.51. The van der Waals surface area contributed by atoms with Crippen LogP contribution in [-0.4, -0.2) is 48.5 Å². The van der Waals surface area contributed by atoms with Gasteiger partial charge in [0.15, 0.2) is 0 Å². The van der Waals surface area contributed by atoms with Gasteiger partial charge in [-0.05, 0) is 56.8 Å². The average molecular weight is 340 g/mol. The van der Waals surface area contributed by atoms with Crippen LogP contribution in [0.15, 0.2) is 42.6 Å². The molecule has 0 bridgehead atoms. The molecule has 1 aromatic heterocycles. The summed E-state index contributed by atoms with van der Waals surface area (Å²) in [6.45, 7) is 5.18. The summed E-state index contributed by atoms with van der Waals surface area (Å²) >= 11 is 0. The van der Waals surface area contributed by atoms with Crippen molar-refractivity contribution in [2.45, 2.75) is 26.4 Å². The normalized spacial score (nSPS) is 12.1. The number of aromatic nitrogens is 1. The van der Waals surface area contributed by atoms with E-state index in [4.69, 9.17) is 0 Å². The molecule has 2 aromatic rings.